The highest BCUT2D eigenvalue weighted by molar-refractivity contribution is 9.10. The summed E-state index contributed by atoms with van der Waals surface area (Å²) in [6, 6.07) is 8.96. The Hall–Kier alpha value is -2.15. The highest BCUT2D eigenvalue weighted by Gasteiger charge is 2.29. The van der Waals surface area contributed by atoms with Crippen molar-refractivity contribution in [3.8, 4) is 0 Å². The molecule has 2 amide bonds. The zero-order chi connectivity index (χ0) is 16.4. The average molecular weight is 378 g/mol. The van der Waals surface area contributed by atoms with Gasteiger partial charge in [-0.05, 0) is 40.9 Å². The molecule has 0 spiro atoms. The molecule has 1 aliphatic rings. The first-order chi connectivity index (χ1) is 11.0. The van der Waals surface area contributed by atoms with Gasteiger partial charge in [-0.1, -0.05) is 17.3 Å². The quantitative estimate of drug-likeness (QED) is 0.868. The maximum absolute atomic E-state index is 12.3. The van der Waals surface area contributed by atoms with Crippen LogP contribution in [0.2, 0.25) is 0 Å². The lowest BCUT2D eigenvalue weighted by Crippen LogP contribution is -2.35. The molecule has 6 nitrogen and oxygen atoms in total. The minimum Gasteiger partial charge on any atom is -0.360 e. The summed E-state index contributed by atoms with van der Waals surface area (Å²) in [5.74, 6) is 0.536. The second kappa shape index (κ2) is 6.54. The molecule has 0 saturated heterocycles. The van der Waals surface area contributed by atoms with Gasteiger partial charge in [0.1, 0.15) is 5.76 Å². The summed E-state index contributed by atoms with van der Waals surface area (Å²) in [5.41, 5.74) is 0.902. The molecule has 0 atom stereocenters. The van der Waals surface area contributed by atoms with Gasteiger partial charge < -0.3 is 14.7 Å². The number of halogens is 1. The van der Waals surface area contributed by atoms with Crippen molar-refractivity contribution >= 4 is 33.4 Å². The number of para-hydroxylation sites is 1. The molecule has 1 aliphatic carbocycles. The van der Waals surface area contributed by atoms with E-state index in [2.05, 4.69) is 26.4 Å². The van der Waals surface area contributed by atoms with Gasteiger partial charge in [0.25, 0.3) is 5.91 Å². The van der Waals surface area contributed by atoms with E-state index < -0.39 is 0 Å². The van der Waals surface area contributed by atoms with Gasteiger partial charge in [0.2, 0.25) is 5.91 Å². The highest BCUT2D eigenvalue weighted by Crippen LogP contribution is 2.40. The van der Waals surface area contributed by atoms with Crippen LogP contribution in [-0.4, -0.2) is 35.5 Å². The lowest BCUT2D eigenvalue weighted by Gasteiger charge is -2.15. The van der Waals surface area contributed by atoms with Crippen LogP contribution in [-0.2, 0) is 4.79 Å². The van der Waals surface area contributed by atoms with Crippen molar-refractivity contribution in [3.05, 3.63) is 46.3 Å². The van der Waals surface area contributed by atoms with Crippen LogP contribution >= 0.6 is 15.9 Å². The van der Waals surface area contributed by atoms with Gasteiger partial charge >= 0.3 is 0 Å². The largest absolute Gasteiger partial charge is 0.360 e. The number of carbonyl (C=O) groups is 2. The van der Waals surface area contributed by atoms with Crippen LogP contribution in [0.4, 0.5) is 5.69 Å². The molecule has 120 valence electrons. The zero-order valence-electron chi connectivity index (χ0n) is 12.6. The number of rotatable bonds is 5. The predicted molar refractivity (Wildman–Crippen MR) is 88.2 cm³/mol. The third-order valence-corrected chi connectivity index (χ3v) is 4.29. The number of aromatic nitrogens is 1. The van der Waals surface area contributed by atoms with Crippen LogP contribution in [0.3, 0.4) is 0 Å². The van der Waals surface area contributed by atoms with E-state index in [1.165, 1.54) is 4.90 Å². The van der Waals surface area contributed by atoms with Gasteiger partial charge in [-0.25, -0.2) is 0 Å². The first-order valence-corrected chi connectivity index (χ1v) is 8.10. The molecule has 1 aromatic carbocycles. The van der Waals surface area contributed by atoms with Crippen molar-refractivity contribution in [1.82, 2.24) is 10.1 Å². The number of hydrogen-bond acceptors (Lipinski definition) is 4. The van der Waals surface area contributed by atoms with Gasteiger partial charge in [0.05, 0.1) is 12.2 Å². The first kappa shape index (κ1) is 15.7. The van der Waals surface area contributed by atoms with Gasteiger partial charge in [-0.2, -0.15) is 0 Å². The Kier molecular flexibility index (Phi) is 4.47. The summed E-state index contributed by atoms with van der Waals surface area (Å²) in [5, 5.41) is 6.56. The molecular formula is C16H16BrN3O3. The maximum Gasteiger partial charge on any atom is 0.276 e. The third kappa shape index (κ3) is 3.79. The van der Waals surface area contributed by atoms with Crippen molar-refractivity contribution in [2.45, 2.75) is 18.8 Å². The first-order valence-electron chi connectivity index (χ1n) is 7.31. The number of amides is 2. The van der Waals surface area contributed by atoms with Crippen molar-refractivity contribution in [2.75, 3.05) is 18.9 Å². The fourth-order valence-corrected chi connectivity index (χ4v) is 2.57. The van der Waals surface area contributed by atoms with Crippen molar-refractivity contribution in [3.63, 3.8) is 0 Å². The van der Waals surface area contributed by atoms with Gasteiger partial charge in [-0.15, -0.1) is 0 Å². The molecule has 1 fully saturated rings. The van der Waals surface area contributed by atoms with Crippen LogP contribution in [0, 0.1) is 0 Å². The van der Waals surface area contributed by atoms with E-state index in [0.717, 1.165) is 23.1 Å². The molecule has 7 heteroatoms. The topological polar surface area (TPSA) is 75.4 Å². The number of anilines is 1. The summed E-state index contributed by atoms with van der Waals surface area (Å²) >= 11 is 3.36. The Morgan fingerprint density at radius 3 is 2.83 bits per heavy atom. The Morgan fingerprint density at radius 1 is 1.39 bits per heavy atom. The van der Waals surface area contributed by atoms with Crippen LogP contribution < -0.4 is 5.32 Å². The van der Waals surface area contributed by atoms with E-state index in [4.69, 9.17) is 4.52 Å². The van der Waals surface area contributed by atoms with E-state index in [0.29, 0.717) is 11.6 Å². The monoisotopic (exact) mass is 377 g/mol. The summed E-state index contributed by atoms with van der Waals surface area (Å²) in [6.07, 6.45) is 2.15. The summed E-state index contributed by atoms with van der Waals surface area (Å²) in [7, 11) is 1.56. The zero-order valence-corrected chi connectivity index (χ0v) is 14.2. The summed E-state index contributed by atoms with van der Waals surface area (Å²) in [4.78, 5) is 25.7. The summed E-state index contributed by atoms with van der Waals surface area (Å²) < 4.78 is 5.96. The number of hydrogen-bond donors (Lipinski definition) is 1. The highest BCUT2D eigenvalue weighted by atomic mass is 79.9. The van der Waals surface area contributed by atoms with E-state index >= 15 is 0 Å². The number of benzene rings is 1. The van der Waals surface area contributed by atoms with E-state index in [9.17, 15) is 9.59 Å². The Balaban J connectivity index is 1.59. The lowest BCUT2D eigenvalue weighted by molar-refractivity contribution is -0.116. The summed E-state index contributed by atoms with van der Waals surface area (Å²) in [6.45, 7) is -0.0637. The fourth-order valence-electron chi connectivity index (χ4n) is 2.19. The SMILES string of the molecule is CN(CC(=O)Nc1ccccc1Br)C(=O)c1cc(C2CC2)on1. The molecule has 0 aliphatic heterocycles. The minimum atomic E-state index is -0.331. The second-order valence-corrected chi connectivity index (χ2v) is 6.43. The van der Waals surface area contributed by atoms with Crippen molar-refractivity contribution < 1.29 is 14.1 Å². The van der Waals surface area contributed by atoms with Crippen LogP contribution in [0.5, 0.6) is 0 Å². The Morgan fingerprint density at radius 2 is 2.13 bits per heavy atom. The molecular weight excluding hydrogens is 362 g/mol. The number of carbonyl (C=O) groups excluding carboxylic acids is 2. The van der Waals surface area contributed by atoms with E-state index in [-0.39, 0.29) is 24.1 Å². The lowest BCUT2D eigenvalue weighted by atomic mass is 10.2. The Bertz CT molecular complexity index is 740. The predicted octanol–water partition coefficient (Wildman–Crippen LogP) is 3.03. The number of nitrogens with one attached hydrogen (secondary N) is 1. The van der Waals surface area contributed by atoms with Crippen molar-refractivity contribution in [1.29, 1.82) is 0 Å². The maximum atomic E-state index is 12.3. The smallest absolute Gasteiger partial charge is 0.276 e. The molecule has 1 aromatic heterocycles. The van der Waals surface area contributed by atoms with Crippen LogP contribution in [0.1, 0.15) is 35.0 Å². The average Bonchev–Trinajstić information content (AvgIpc) is 3.26. The number of nitrogens with zero attached hydrogens (tertiary/aromatic N) is 2. The number of likely N-dealkylation sites (N-methyl/N-ethyl adjacent to an activating group) is 1. The molecule has 3 rings (SSSR count). The van der Waals surface area contributed by atoms with Crippen LogP contribution in [0.25, 0.3) is 0 Å². The van der Waals surface area contributed by atoms with Gasteiger partial charge in [0, 0.05) is 23.5 Å². The second-order valence-electron chi connectivity index (χ2n) is 5.58. The molecule has 1 heterocycles. The molecule has 0 radical (unpaired) electrons. The molecule has 0 bridgehead atoms. The minimum absolute atomic E-state index is 0.0637. The van der Waals surface area contributed by atoms with Gasteiger partial charge in [0.15, 0.2) is 5.69 Å². The normalized spacial score (nSPS) is 13.7. The Labute approximate surface area is 142 Å². The van der Waals surface area contributed by atoms with Crippen molar-refractivity contribution in [2.24, 2.45) is 0 Å². The molecule has 1 saturated carbocycles. The van der Waals surface area contributed by atoms with E-state index in [1.807, 2.05) is 18.2 Å². The third-order valence-electron chi connectivity index (χ3n) is 3.60. The molecule has 2 aromatic rings. The molecule has 0 unspecified atom stereocenters. The van der Waals surface area contributed by atoms with E-state index in [1.54, 1.807) is 19.2 Å². The molecule has 1 N–H and O–H groups in total. The standard InChI is InChI=1S/C16H16BrN3O3/c1-20(9-15(21)18-12-5-3-2-4-11(12)17)16(22)13-8-14(23-19-13)10-6-7-10/h2-5,8,10H,6-7,9H2,1H3,(H,18,21). The van der Waals surface area contributed by atoms with Crippen LogP contribution in [0.15, 0.2) is 39.3 Å². The molecule has 23 heavy (non-hydrogen) atoms. The fraction of sp³-hybridized carbons (Fsp3) is 0.312. The van der Waals surface area contributed by atoms with Gasteiger partial charge in [-0.3, -0.25) is 9.59 Å².